The molecule has 0 atom stereocenters. The normalized spacial score (nSPS) is 10.0. The second-order valence-electron chi connectivity index (χ2n) is 4.10. The van der Waals surface area contributed by atoms with E-state index in [0.717, 1.165) is 5.56 Å². The van der Waals surface area contributed by atoms with E-state index < -0.39 is 0 Å². The van der Waals surface area contributed by atoms with Gasteiger partial charge in [-0.05, 0) is 39.7 Å². The van der Waals surface area contributed by atoms with Gasteiger partial charge in [0, 0.05) is 25.5 Å². The molecule has 2 heterocycles. The summed E-state index contributed by atoms with van der Waals surface area (Å²) in [4.78, 5) is 17.9. The molecule has 6 heteroatoms. The summed E-state index contributed by atoms with van der Waals surface area (Å²) in [6.45, 7) is 0.745. The van der Waals surface area contributed by atoms with Crippen molar-refractivity contribution < 1.29 is 9.21 Å². The number of carbonyl (C=O) groups excluding carboxylic acids is 1. The van der Waals surface area contributed by atoms with E-state index in [9.17, 15) is 4.79 Å². The lowest BCUT2D eigenvalue weighted by Gasteiger charge is -2.20. The van der Waals surface area contributed by atoms with Gasteiger partial charge in [0.1, 0.15) is 0 Å². The van der Waals surface area contributed by atoms with Crippen LogP contribution in [0.1, 0.15) is 22.5 Å². The van der Waals surface area contributed by atoms with Crippen molar-refractivity contribution >= 4 is 21.8 Å². The highest BCUT2D eigenvalue weighted by atomic mass is 79.9. The smallest absolute Gasteiger partial charge is 0.289 e. The number of hydrogen-bond donors (Lipinski definition) is 0. The number of nitrogens with zero attached hydrogens (tertiary/aromatic N) is 3. The number of carbonyl (C=O) groups is 1. The predicted octanol–water partition coefficient (Wildman–Crippen LogP) is 2.99. The second-order valence-corrected chi connectivity index (χ2v) is 4.88. The molecule has 0 aromatic carbocycles. The second kappa shape index (κ2) is 6.87. The van der Waals surface area contributed by atoms with Gasteiger partial charge >= 0.3 is 0 Å². The van der Waals surface area contributed by atoms with Gasteiger partial charge in [-0.15, -0.1) is 0 Å². The lowest BCUT2D eigenvalue weighted by Crippen LogP contribution is -2.31. The third-order valence-corrected chi connectivity index (χ3v) is 3.09. The number of furan rings is 1. The molecular weight excluding hydrogens is 322 g/mol. The van der Waals surface area contributed by atoms with Crippen molar-refractivity contribution in [2.45, 2.75) is 13.0 Å². The molecule has 0 saturated heterocycles. The average molecular weight is 334 g/mol. The van der Waals surface area contributed by atoms with E-state index in [2.05, 4.69) is 20.9 Å². The van der Waals surface area contributed by atoms with E-state index >= 15 is 0 Å². The first-order chi connectivity index (χ1) is 9.70. The molecule has 1 amide bonds. The van der Waals surface area contributed by atoms with Crippen molar-refractivity contribution in [2.24, 2.45) is 0 Å². The van der Waals surface area contributed by atoms with Crippen LogP contribution in [0.5, 0.6) is 0 Å². The van der Waals surface area contributed by atoms with E-state index in [1.165, 1.54) is 0 Å². The van der Waals surface area contributed by atoms with E-state index in [0.29, 0.717) is 17.8 Å². The minimum Gasteiger partial charge on any atom is -0.444 e. The fourth-order valence-electron chi connectivity index (χ4n) is 1.73. The van der Waals surface area contributed by atoms with Crippen molar-refractivity contribution in [1.82, 2.24) is 9.88 Å². The summed E-state index contributed by atoms with van der Waals surface area (Å²) >= 11 is 3.17. The van der Waals surface area contributed by atoms with Gasteiger partial charge in [-0.2, -0.15) is 5.26 Å². The maximum absolute atomic E-state index is 12.3. The van der Waals surface area contributed by atoms with Gasteiger partial charge in [0.25, 0.3) is 5.91 Å². The van der Waals surface area contributed by atoms with Gasteiger partial charge in [-0.1, -0.05) is 6.07 Å². The summed E-state index contributed by atoms with van der Waals surface area (Å²) in [5.41, 5.74) is 0.907. The molecule has 2 aromatic heterocycles. The van der Waals surface area contributed by atoms with Crippen molar-refractivity contribution in [2.75, 3.05) is 6.54 Å². The number of rotatable bonds is 5. The molecule has 2 aromatic rings. The van der Waals surface area contributed by atoms with Gasteiger partial charge in [0.05, 0.1) is 12.5 Å². The first-order valence-electron chi connectivity index (χ1n) is 6.01. The SMILES string of the molecule is N#CCCN(Cc1cccnc1)C(=O)c1ccc(Br)o1. The third-order valence-electron chi connectivity index (χ3n) is 2.66. The van der Waals surface area contributed by atoms with Crippen LogP contribution in [0.15, 0.2) is 45.7 Å². The molecule has 0 radical (unpaired) electrons. The van der Waals surface area contributed by atoms with Crippen LogP contribution in [0.2, 0.25) is 0 Å². The van der Waals surface area contributed by atoms with E-state index in [-0.39, 0.29) is 18.1 Å². The molecule has 0 aliphatic carbocycles. The number of pyridine rings is 1. The molecule has 0 fully saturated rings. The molecule has 0 saturated carbocycles. The number of amides is 1. The fraction of sp³-hybridized carbons (Fsp3) is 0.214. The minimum atomic E-state index is -0.241. The summed E-state index contributed by atoms with van der Waals surface area (Å²) < 4.78 is 5.77. The lowest BCUT2D eigenvalue weighted by atomic mass is 10.2. The zero-order chi connectivity index (χ0) is 14.4. The minimum absolute atomic E-state index is 0.241. The molecule has 0 unspecified atom stereocenters. The van der Waals surface area contributed by atoms with Crippen LogP contribution in [0.3, 0.4) is 0 Å². The van der Waals surface area contributed by atoms with Crippen LogP contribution >= 0.6 is 15.9 Å². The van der Waals surface area contributed by atoms with Crippen LogP contribution in [0.4, 0.5) is 0 Å². The molecule has 2 rings (SSSR count). The zero-order valence-corrected chi connectivity index (χ0v) is 12.2. The number of hydrogen-bond acceptors (Lipinski definition) is 4. The van der Waals surface area contributed by atoms with Crippen molar-refractivity contribution in [3.8, 4) is 6.07 Å². The maximum atomic E-state index is 12.3. The Balaban J connectivity index is 2.15. The van der Waals surface area contributed by atoms with E-state index in [4.69, 9.17) is 9.68 Å². The molecule has 102 valence electrons. The number of halogens is 1. The highest BCUT2D eigenvalue weighted by Crippen LogP contribution is 2.17. The molecule has 20 heavy (non-hydrogen) atoms. The first kappa shape index (κ1) is 14.3. The van der Waals surface area contributed by atoms with Gasteiger partial charge in [0.15, 0.2) is 10.4 Å². The third kappa shape index (κ3) is 3.68. The van der Waals surface area contributed by atoms with Crippen molar-refractivity contribution in [3.05, 3.63) is 52.7 Å². The summed E-state index contributed by atoms with van der Waals surface area (Å²) in [5, 5.41) is 8.71. The Morgan fingerprint density at radius 2 is 2.30 bits per heavy atom. The highest BCUT2D eigenvalue weighted by molar-refractivity contribution is 9.10. The largest absolute Gasteiger partial charge is 0.444 e. The molecule has 5 nitrogen and oxygen atoms in total. The average Bonchev–Trinajstić information content (AvgIpc) is 2.90. The Labute approximate surface area is 125 Å². The first-order valence-corrected chi connectivity index (χ1v) is 6.80. The highest BCUT2D eigenvalue weighted by Gasteiger charge is 2.19. The number of nitriles is 1. The Morgan fingerprint density at radius 3 is 2.90 bits per heavy atom. The van der Waals surface area contributed by atoms with Crippen LogP contribution in [0, 0.1) is 11.3 Å². The van der Waals surface area contributed by atoms with E-state index in [1.807, 2.05) is 18.2 Å². The predicted molar refractivity (Wildman–Crippen MR) is 75.6 cm³/mol. The molecule has 0 N–H and O–H groups in total. The molecule has 0 bridgehead atoms. The Bertz CT molecular complexity index is 619. The van der Waals surface area contributed by atoms with E-state index in [1.54, 1.807) is 29.4 Å². The Morgan fingerprint density at radius 1 is 1.45 bits per heavy atom. The van der Waals surface area contributed by atoms with Crippen LogP contribution < -0.4 is 0 Å². The molecule has 0 aliphatic heterocycles. The Kier molecular flexibility index (Phi) is 4.91. The molecule has 0 spiro atoms. The van der Waals surface area contributed by atoms with Crippen LogP contribution in [-0.4, -0.2) is 22.3 Å². The molecular formula is C14H12BrN3O2. The summed E-state index contributed by atoms with van der Waals surface area (Å²) in [7, 11) is 0. The van der Waals surface area contributed by atoms with Gasteiger partial charge < -0.3 is 9.32 Å². The van der Waals surface area contributed by atoms with Gasteiger partial charge in [-0.3, -0.25) is 9.78 Å². The van der Waals surface area contributed by atoms with Crippen LogP contribution in [-0.2, 0) is 6.54 Å². The monoisotopic (exact) mass is 333 g/mol. The maximum Gasteiger partial charge on any atom is 0.289 e. The van der Waals surface area contributed by atoms with Gasteiger partial charge in [0.2, 0.25) is 0 Å². The number of aromatic nitrogens is 1. The Hall–Kier alpha value is -2.13. The van der Waals surface area contributed by atoms with Crippen molar-refractivity contribution in [1.29, 1.82) is 5.26 Å². The van der Waals surface area contributed by atoms with Crippen LogP contribution in [0.25, 0.3) is 0 Å². The summed E-state index contributed by atoms with van der Waals surface area (Å²) in [6, 6.07) is 9.02. The lowest BCUT2D eigenvalue weighted by molar-refractivity contribution is 0.0713. The molecule has 0 aliphatic rings. The topological polar surface area (TPSA) is 70.1 Å². The summed E-state index contributed by atoms with van der Waals surface area (Å²) in [5.74, 6) is 0.00788. The fourth-order valence-corrected chi connectivity index (χ4v) is 2.04. The quantitative estimate of drug-likeness (QED) is 0.843. The standard InChI is InChI=1S/C14H12BrN3O2/c15-13-5-4-12(20-13)14(19)18(8-2-6-16)10-11-3-1-7-17-9-11/h1,3-5,7,9H,2,8,10H2. The van der Waals surface area contributed by atoms with Crippen molar-refractivity contribution in [3.63, 3.8) is 0 Å². The van der Waals surface area contributed by atoms with Gasteiger partial charge in [-0.25, -0.2) is 0 Å². The summed E-state index contributed by atoms with van der Waals surface area (Å²) in [6.07, 6.45) is 3.65. The zero-order valence-electron chi connectivity index (χ0n) is 10.6.